The van der Waals surface area contributed by atoms with E-state index in [-0.39, 0.29) is 11.9 Å². The van der Waals surface area contributed by atoms with Crippen LogP contribution in [0.3, 0.4) is 0 Å². The molecule has 0 saturated carbocycles. The zero-order chi connectivity index (χ0) is 20.0. The van der Waals surface area contributed by atoms with Crippen molar-refractivity contribution in [3.05, 3.63) is 69.8 Å². The van der Waals surface area contributed by atoms with Gasteiger partial charge in [-0.05, 0) is 56.0 Å². The summed E-state index contributed by atoms with van der Waals surface area (Å²) >= 11 is 3.53. The Hall–Kier alpha value is -2.60. The highest BCUT2D eigenvalue weighted by atomic mass is 79.9. The van der Waals surface area contributed by atoms with E-state index in [1.807, 2.05) is 42.2 Å². The van der Waals surface area contributed by atoms with Gasteiger partial charge in [0, 0.05) is 23.3 Å². The lowest BCUT2D eigenvalue weighted by Crippen LogP contribution is -2.40. The van der Waals surface area contributed by atoms with Crippen molar-refractivity contribution < 1.29 is 4.79 Å². The van der Waals surface area contributed by atoms with E-state index < -0.39 is 0 Å². The third-order valence-electron chi connectivity index (χ3n) is 5.89. The number of nitrogens with zero attached hydrogens (tertiary/aromatic N) is 3. The second-order valence-corrected chi connectivity index (χ2v) is 8.68. The summed E-state index contributed by atoms with van der Waals surface area (Å²) < 4.78 is 3.19. The molecular weight excluding hydrogens is 428 g/mol. The Bertz CT molecular complexity index is 1110. The first-order chi connectivity index (χ1) is 14.1. The van der Waals surface area contributed by atoms with Crippen LogP contribution in [-0.4, -0.2) is 33.4 Å². The molecule has 5 nitrogen and oxygen atoms in total. The molecule has 0 aliphatic carbocycles. The lowest BCUT2D eigenvalue weighted by Gasteiger charge is -2.35. The molecule has 1 saturated heterocycles. The molecule has 1 amide bonds. The third kappa shape index (κ3) is 3.15. The van der Waals surface area contributed by atoms with Crippen LogP contribution in [0.5, 0.6) is 0 Å². The first-order valence-corrected chi connectivity index (χ1v) is 10.9. The number of aromatic nitrogens is 2. The van der Waals surface area contributed by atoms with Crippen molar-refractivity contribution in [3.63, 3.8) is 0 Å². The van der Waals surface area contributed by atoms with Crippen molar-refractivity contribution in [2.45, 2.75) is 32.2 Å². The summed E-state index contributed by atoms with van der Waals surface area (Å²) in [7, 11) is 0. The number of carbonyl (C=O) groups is 1. The number of imidazole rings is 1. The molecule has 1 atom stereocenters. The summed E-state index contributed by atoms with van der Waals surface area (Å²) in [6.45, 7) is 3.66. The highest BCUT2D eigenvalue weighted by Crippen LogP contribution is 2.40. The fourth-order valence-electron chi connectivity index (χ4n) is 4.47. The maximum atomic E-state index is 13.7. The summed E-state index contributed by atoms with van der Waals surface area (Å²) in [6.07, 6.45) is 3.36. The van der Waals surface area contributed by atoms with E-state index in [9.17, 15) is 4.79 Å². The summed E-state index contributed by atoms with van der Waals surface area (Å²) in [5.41, 5.74) is 4.73. The summed E-state index contributed by atoms with van der Waals surface area (Å²) in [4.78, 5) is 20.5. The zero-order valence-corrected chi connectivity index (χ0v) is 17.9. The highest BCUT2D eigenvalue weighted by Gasteiger charge is 2.36. The topological polar surface area (TPSA) is 50.2 Å². The van der Waals surface area contributed by atoms with Crippen molar-refractivity contribution in [1.29, 1.82) is 0 Å². The molecule has 0 spiro atoms. The van der Waals surface area contributed by atoms with Crippen LogP contribution in [-0.2, 0) is 4.79 Å². The van der Waals surface area contributed by atoms with Crippen molar-refractivity contribution in [2.75, 3.05) is 18.4 Å². The van der Waals surface area contributed by atoms with Crippen LogP contribution in [0.4, 0.5) is 5.95 Å². The first kappa shape index (κ1) is 18.4. The molecule has 0 bridgehead atoms. The SMILES string of the molecule is CC1=C(C(=O)N2CCCCC2)[C@@H](c2ccc(Br)cc2)n2c(nc3ccccc32)N1. The van der Waals surface area contributed by atoms with E-state index >= 15 is 0 Å². The number of piperidine rings is 1. The van der Waals surface area contributed by atoms with Gasteiger partial charge in [0.15, 0.2) is 0 Å². The number of fused-ring (bicyclic) bond motifs is 3. The summed E-state index contributed by atoms with van der Waals surface area (Å²) in [6, 6.07) is 16.2. The Morgan fingerprint density at radius 2 is 1.79 bits per heavy atom. The minimum Gasteiger partial charge on any atom is -0.339 e. The molecule has 3 aromatic rings. The summed E-state index contributed by atoms with van der Waals surface area (Å²) in [5, 5.41) is 3.41. The molecule has 0 unspecified atom stereocenters. The van der Waals surface area contributed by atoms with Crippen molar-refractivity contribution >= 4 is 38.8 Å². The maximum absolute atomic E-state index is 13.7. The normalized spacial score (nSPS) is 19.2. The molecule has 148 valence electrons. The smallest absolute Gasteiger partial charge is 0.254 e. The molecule has 29 heavy (non-hydrogen) atoms. The number of carbonyl (C=O) groups excluding carboxylic acids is 1. The van der Waals surface area contributed by atoms with Gasteiger partial charge in [-0.15, -0.1) is 0 Å². The van der Waals surface area contributed by atoms with Gasteiger partial charge in [0.2, 0.25) is 5.95 Å². The third-order valence-corrected chi connectivity index (χ3v) is 6.42. The van der Waals surface area contributed by atoms with Crippen molar-refractivity contribution in [3.8, 4) is 0 Å². The minimum atomic E-state index is -0.207. The number of nitrogens with one attached hydrogen (secondary N) is 1. The Balaban J connectivity index is 1.69. The number of para-hydroxylation sites is 2. The van der Waals surface area contributed by atoms with Gasteiger partial charge in [-0.1, -0.05) is 40.2 Å². The molecule has 2 aromatic carbocycles. The first-order valence-electron chi connectivity index (χ1n) is 10.1. The van der Waals surface area contributed by atoms with Gasteiger partial charge in [-0.25, -0.2) is 4.98 Å². The standard InChI is InChI=1S/C23H23BrN4O/c1-15-20(22(29)27-13-5-2-6-14-27)21(16-9-11-17(24)12-10-16)28-19-8-4-3-7-18(19)26-23(28)25-15/h3-4,7-12,21H,2,5-6,13-14H2,1H3,(H,25,26)/t21-/m1/s1. The average Bonchev–Trinajstić information content (AvgIpc) is 3.11. The van der Waals surface area contributed by atoms with Gasteiger partial charge in [0.25, 0.3) is 5.91 Å². The molecule has 1 aromatic heterocycles. The monoisotopic (exact) mass is 450 g/mol. The lowest BCUT2D eigenvalue weighted by atomic mass is 9.93. The number of likely N-dealkylation sites (tertiary alicyclic amines) is 1. The van der Waals surface area contributed by atoms with Crippen LogP contribution >= 0.6 is 15.9 Å². The van der Waals surface area contributed by atoms with Gasteiger partial charge in [0.05, 0.1) is 22.6 Å². The average molecular weight is 451 g/mol. The molecule has 2 aliphatic heterocycles. The van der Waals surface area contributed by atoms with Crippen LogP contribution in [0, 0.1) is 0 Å². The molecule has 0 radical (unpaired) electrons. The lowest BCUT2D eigenvalue weighted by molar-refractivity contribution is -0.128. The predicted octanol–water partition coefficient (Wildman–Crippen LogP) is 5.10. The Kier molecular flexibility index (Phi) is 4.66. The molecule has 3 heterocycles. The summed E-state index contributed by atoms with van der Waals surface area (Å²) in [5.74, 6) is 0.915. The van der Waals surface area contributed by atoms with Gasteiger partial charge >= 0.3 is 0 Å². The van der Waals surface area contributed by atoms with E-state index in [1.165, 1.54) is 6.42 Å². The number of anilines is 1. The molecule has 2 aliphatic rings. The van der Waals surface area contributed by atoms with E-state index in [1.54, 1.807) is 0 Å². The molecule has 1 N–H and O–H groups in total. The largest absolute Gasteiger partial charge is 0.339 e. The predicted molar refractivity (Wildman–Crippen MR) is 119 cm³/mol. The van der Waals surface area contributed by atoms with Gasteiger partial charge < -0.3 is 10.2 Å². The molecule has 6 heteroatoms. The molecular formula is C23H23BrN4O. The van der Waals surface area contributed by atoms with E-state index in [0.717, 1.165) is 64.2 Å². The molecule has 1 fully saturated rings. The maximum Gasteiger partial charge on any atom is 0.254 e. The quantitative estimate of drug-likeness (QED) is 0.590. The van der Waals surface area contributed by atoms with E-state index in [0.29, 0.717) is 0 Å². The number of hydrogen-bond acceptors (Lipinski definition) is 3. The Labute approximate surface area is 178 Å². The van der Waals surface area contributed by atoms with Crippen LogP contribution < -0.4 is 5.32 Å². The van der Waals surface area contributed by atoms with Gasteiger partial charge in [-0.3, -0.25) is 9.36 Å². The Morgan fingerprint density at radius 1 is 1.07 bits per heavy atom. The number of hydrogen-bond donors (Lipinski definition) is 1. The number of rotatable bonds is 2. The van der Waals surface area contributed by atoms with Gasteiger partial charge in [0.1, 0.15) is 0 Å². The fraction of sp³-hybridized carbons (Fsp3) is 0.304. The van der Waals surface area contributed by atoms with Gasteiger partial charge in [-0.2, -0.15) is 0 Å². The fourth-order valence-corrected chi connectivity index (χ4v) is 4.73. The van der Waals surface area contributed by atoms with Crippen LogP contribution in [0.2, 0.25) is 0 Å². The number of halogens is 1. The Morgan fingerprint density at radius 3 is 2.55 bits per heavy atom. The minimum absolute atomic E-state index is 0.131. The van der Waals surface area contributed by atoms with E-state index in [4.69, 9.17) is 4.98 Å². The second kappa shape index (κ2) is 7.34. The second-order valence-electron chi connectivity index (χ2n) is 7.76. The number of allylic oxidation sites excluding steroid dienone is 1. The highest BCUT2D eigenvalue weighted by molar-refractivity contribution is 9.10. The van der Waals surface area contributed by atoms with Crippen LogP contribution in [0.1, 0.15) is 37.8 Å². The van der Waals surface area contributed by atoms with Crippen molar-refractivity contribution in [2.24, 2.45) is 0 Å². The van der Waals surface area contributed by atoms with Crippen LogP contribution in [0.15, 0.2) is 64.3 Å². The zero-order valence-electron chi connectivity index (χ0n) is 16.4. The molecule has 5 rings (SSSR count). The van der Waals surface area contributed by atoms with Crippen LogP contribution in [0.25, 0.3) is 11.0 Å². The van der Waals surface area contributed by atoms with E-state index in [2.05, 4.69) is 44.0 Å². The number of benzene rings is 2. The number of amides is 1. The van der Waals surface area contributed by atoms with Crippen molar-refractivity contribution in [1.82, 2.24) is 14.5 Å².